The summed E-state index contributed by atoms with van der Waals surface area (Å²) in [5, 5.41) is 8.85. The lowest BCUT2D eigenvalue weighted by Crippen LogP contribution is -2.24. The Bertz CT molecular complexity index is 1750. The summed E-state index contributed by atoms with van der Waals surface area (Å²) in [7, 11) is -1.15. The Hall–Kier alpha value is -4.50. The molecule has 0 saturated carbocycles. The zero-order chi connectivity index (χ0) is 27.7. The maximum atomic E-state index is 13.3. The number of rotatable bonds is 8. The monoisotopic (exact) mass is 549 g/mol. The molecule has 0 saturated heterocycles. The summed E-state index contributed by atoms with van der Waals surface area (Å²) in [5.41, 5.74) is 3.88. The van der Waals surface area contributed by atoms with Crippen LogP contribution in [0.3, 0.4) is 0 Å². The fourth-order valence-electron chi connectivity index (χ4n) is 4.59. The minimum absolute atomic E-state index is 0.000989. The van der Waals surface area contributed by atoms with Gasteiger partial charge in [0.2, 0.25) is 0 Å². The lowest BCUT2D eigenvalue weighted by molar-refractivity contribution is -0.125. The molecule has 202 valence electrons. The molecule has 1 amide bonds. The molecule has 5 rings (SSSR count). The molecule has 39 heavy (non-hydrogen) atoms. The second-order valence-electron chi connectivity index (χ2n) is 8.96. The van der Waals surface area contributed by atoms with Crippen molar-refractivity contribution in [1.82, 2.24) is 19.8 Å². The molecule has 1 N–H and O–H groups in total. The highest BCUT2D eigenvalue weighted by atomic mass is 32.2. The predicted molar refractivity (Wildman–Crippen MR) is 143 cm³/mol. The van der Waals surface area contributed by atoms with E-state index in [1.54, 1.807) is 42.3 Å². The fourth-order valence-corrected chi connectivity index (χ4v) is 5.82. The second kappa shape index (κ2) is 10.3. The molecule has 0 spiro atoms. The second-order valence-corrected chi connectivity index (χ2v) is 10.6. The summed E-state index contributed by atoms with van der Waals surface area (Å²) in [6.07, 6.45) is 2.41. The van der Waals surface area contributed by atoms with Crippen molar-refractivity contribution in [3.63, 3.8) is 0 Å². The number of fused-ring (bicyclic) bond motifs is 2. The molecule has 2 aromatic carbocycles. The quantitative estimate of drug-likeness (QED) is 0.332. The number of carbonyl (C=O) groups excluding carboxylic acids is 1. The minimum Gasteiger partial charge on any atom is -0.496 e. The molecule has 0 unspecified atom stereocenters. The number of aryl methyl sites for hydroxylation is 1. The van der Waals surface area contributed by atoms with Crippen LogP contribution in [0.25, 0.3) is 11.0 Å². The van der Waals surface area contributed by atoms with Gasteiger partial charge < -0.3 is 18.9 Å². The smallest absolute Gasteiger partial charge is 0.299 e. The molecule has 0 atom stereocenters. The molecular weight excluding hydrogens is 522 g/mol. The van der Waals surface area contributed by atoms with Gasteiger partial charge in [0.1, 0.15) is 21.8 Å². The van der Waals surface area contributed by atoms with Gasteiger partial charge in [0.05, 0.1) is 45.7 Å². The van der Waals surface area contributed by atoms with Crippen LogP contribution < -0.4 is 14.2 Å². The van der Waals surface area contributed by atoms with Crippen molar-refractivity contribution < 1.29 is 27.2 Å². The topological polar surface area (TPSA) is 129 Å². The Morgan fingerprint density at radius 3 is 2.64 bits per heavy atom. The molecule has 3 heterocycles. The van der Waals surface area contributed by atoms with E-state index in [-0.39, 0.29) is 22.4 Å². The van der Waals surface area contributed by atoms with Gasteiger partial charge in [-0.25, -0.2) is 8.42 Å². The van der Waals surface area contributed by atoms with Crippen LogP contribution in [-0.4, -0.2) is 48.4 Å². The van der Waals surface area contributed by atoms with Gasteiger partial charge in [-0.3, -0.25) is 14.2 Å². The van der Waals surface area contributed by atoms with E-state index < -0.39 is 10.0 Å². The first-order valence-electron chi connectivity index (χ1n) is 12.2. The van der Waals surface area contributed by atoms with E-state index >= 15 is 0 Å². The van der Waals surface area contributed by atoms with E-state index in [0.717, 1.165) is 22.4 Å². The van der Waals surface area contributed by atoms with Crippen molar-refractivity contribution in [2.24, 2.45) is 0 Å². The number of nitrogens with one attached hydrogen (secondary N) is 1. The highest BCUT2D eigenvalue weighted by Crippen LogP contribution is 2.36. The van der Waals surface area contributed by atoms with Crippen LogP contribution in [0, 0.1) is 11.8 Å². The van der Waals surface area contributed by atoms with Gasteiger partial charge in [0.15, 0.2) is 11.4 Å². The van der Waals surface area contributed by atoms with Crippen LogP contribution in [0.1, 0.15) is 36.2 Å². The van der Waals surface area contributed by atoms with Crippen molar-refractivity contribution in [2.45, 2.75) is 44.8 Å². The van der Waals surface area contributed by atoms with Crippen molar-refractivity contribution in [1.29, 1.82) is 0 Å². The summed E-state index contributed by atoms with van der Waals surface area (Å²) >= 11 is 0. The van der Waals surface area contributed by atoms with E-state index in [4.69, 9.17) is 14.0 Å². The molecule has 2 aromatic heterocycles. The number of methoxy groups -OCH3 is 2. The number of aromatic nitrogens is 3. The number of ether oxygens (including phenoxy) is 2. The molecule has 12 heteroatoms. The number of carbonyl (C=O) groups is 1. The third kappa shape index (κ3) is 4.88. The molecule has 0 bridgehead atoms. The first-order chi connectivity index (χ1) is 18.8. The maximum Gasteiger partial charge on any atom is 0.299 e. The van der Waals surface area contributed by atoms with Crippen LogP contribution in [0.2, 0.25) is 0 Å². The molecule has 0 radical (unpaired) electrons. The van der Waals surface area contributed by atoms with Gasteiger partial charge in [-0.15, -0.1) is 0 Å². The Labute approximate surface area is 225 Å². The Balaban J connectivity index is 1.44. The summed E-state index contributed by atoms with van der Waals surface area (Å²) in [5.74, 6) is 5.60. The van der Waals surface area contributed by atoms with E-state index in [2.05, 4.69) is 26.8 Å². The van der Waals surface area contributed by atoms with E-state index in [1.807, 2.05) is 17.7 Å². The molecule has 0 fully saturated rings. The van der Waals surface area contributed by atoms with Crippen molar-refractivity contribution >= 4 is 32.7 Å². The lowest BCUT2D eigenvalue weighted by Gasteiger charge is -2.13. The van der Waals surface area contributed by atoms with Gasteiger partial charge in [-0.1, -0.05) is 24.1 Å². The standard InChI is InChI=1S/C27H27N5O6S/c1-5-7-25(33)31-15-19-13-28-32(20(19)16-31)14-18-10-22(37-4)26-23(11-18)38-29-27(26)30-39(34,35)24-12-17(6-2)8-9-21(24)36-3/h8-13H,6,14-16H2,1-4H3,(H,29,30). The number of sulfonamides is 1. The minimum atomic E-state index is -4.06. The zero-order valence-corrected chi connectivity index (χ0v) is 22.8. The highest BCUT2D eigenvalue weighted by molar-refractivity contribution is 7.92. The van der Waals surface area contributed by atoms with E-state index in [1.165, 1.54) is 14.2 Å². The Kier molecular flexibility index (Phi) is 6.93. The van der Waals surface area contributed by atoms with Gasteiger partial charge in [-0.05, 0) is 54.7 Å². The summed E-state index contributed by atoms with van der Waals surface area (Å²) in [6.45, 7) is 4.83. The Morgan fingerprint density at radius 1 is 1.13 bits per heavy atom. The summed E-state index contributed by atoms with van der Waals surface area (Å²) in [6, 6.07) is 8.56. The van der Waals surface area contributed by atoms with Gasteiger partial charge >= 0.3 is 0 Å². The predicted octanol–water partition coefficient (Wildman–Crippen LogP) is 3.32. The van der Waals surface area contributed by atoms with Crippen molar-refractivity contribution in [3.8, 4) is 23.3 Å². The summed E-state index contributed by atoms with van der Waals surface area (Å²) < 4.78 is 47.4. The normalized spacial score (nSPS) is 12.7. The van der Waals surface area contributed by atoms with E-state index in [9.17, 15) is 13.2 Å². The van der Waals surface area contributed by atoms with Crippen LogP contribution in [0.5, 0.6) is 11.5 Å². The average molecular weight is 550 g/mol. The average Bonchev–Trinajstić information content (AvgIpc) is 3.63. The van der Waals surface area contributed by atoms with Crippen molar-refractivity contribution in [3.05, 3.63) is 58.9 Å². The highest BCUT2D eigenvalue weighted by Gasteiger charge is 2.28. The van der Waals surface area contributed by atoms with Crippen LogP contribution in [-0.2, 0) is 40.9 Å². The number of nitrogens with zero attached hydrogens (tertiary/aromatic N) is 4. The molecule has 4 aromatic rings. The fraction of sp³-hybridized carbons (Fsp3) is 0.296. The lowest BCUT2D eigenvalue weighted by atomic mass is 10.1. The van der Waals surface area contributed by atoms with Crippen molar-refractivity contribution in [2.75, 3.05) is 18.9 Å². The van der Waals surface area contributed by atoms with Crippen LogP contribution >= 0.6 is 0 Å². The Morgan fingerprint density at radius 2 is 1.92 bits per heavy atom. The van der Waals surface area contributed by atoms with E-state index in [0.29, 0.717) is 42.8 Å². The van der Waals surface area contributed by atoms with Gasteiger partial charge in [0.25, 0.3) is 15.9 Å². The molecular formula is C27H27N5O6S. The molecule has 1 aliphatic rings. The summed E-state index contributed by atoms with van der Waals surface area (Å²) in [4.78, 5) is 13.9. The largest absolute Gasteiger partial charge is 0.496 e. The SMILES string of the molecule is CC#CC(=O)N1Cc2cnn(Cc3cc(OC)c4c(NS(=O)(=O)c5cc(CC)ccc5OC)noc4c3)c2C1. The third-order valence-electron chi connectivity index (χ3n) is 6.56. The first-order valence-corrected chi connectivity index (χ1v) is 13.7. The molecule has 11 nitrogen and oxygen atoms in total. The number of hydrogen-bond donors (Lipinski definition) is 1. The van der Waals surface area contributed by atoms with Gasteiger partial charge in [-0.2, -0.15) is 5.10 Å². The first kappa shape index (κ1) is 26.1. The number of benzene rings is 2. The number of amides is 1. The molecule has 0 aliphatic carbocycles. The number of hydrogen-bond acceptors (Lipinski definition) is 8. The number of anilines is 1. The zero-order valence-electron chi connectivity index (χ0n) is 21.9. The van der Waals surface area contributed by atoms with Crippen LogP contribution in [0.15, 0.2) is 45.9 Å². The van der Waals surface area contributed by atoms with Crippen LogP contribution in [0.4, 0.5) is 5.82 Å². The molecule has 1 aliphatic heterocycles. The van der Waals surface area contributed by atoms with Gasteiger partial charge in [0, 0.05) is 5.56 Å². The maximum absolute atomic E-state index is 13.3. The third-order valence-corrected chi connectivity index (χ3v) is 7.92.